The Morgan fingerprint density at radius 1 is 1.30 bits per heavy atom. The highest BCUT2D eigenvalue weighted by Crippen LogP contribution is 2.58. The number of hydrogen-bond donors (Lipinski definition) is 1. The molecule has 2 aliphatic carbocycles. The number of anilines is 1. The average molecular weight is 285 g/mol. The van der Waals surface area contributed by atoms with E-state index in [0.717, 1.165) is 31.7 Å². The van der Waals surface area contributed by atoms with Crippen molar-refractivity contribution in [2.45, 2.75) is 44.8 Å². The highest BCUT2D eigenvalue weighted by molar-refractivity contribution is 5.48. The van der Waals surface area contributed by atoms with Gasteiger partial charge in [-0.3, -0.25) is 0 Å². The van der Waals surface area contributed by atoms with Crippen LogP contribution in [0.15, 0.2) is 12.1 Å². The first-order chi connectivity index (χ1) is 9.56. The molecular formula is C15H18F3NO. The summed E-state index contributed by atoms with van der Waals surface area (Å²) in [6.45, 7) is 2.61. The molecule has 0 amide bonds. The molecule has 0 bridgehead atoms. The van der Waals surface area contributed by atoms with E-state index in [9.17, 15) is 13.2 Å². The predicted molar refractivity (Wildman–Crippen MR) is 70.0 cm³/mol. The Hall–Kier alpha value is -1.23. The monoisotopic (exact) mass is 285 g/mol. The number of benzene rings is 1. The van der Waals surface area contributed by atoms with Gasteiger partial charge in [0.15, 0.2) is 11.6 Å². The molecule has 1 aromatic carbocycles. The highest BCUT2D eigenvalue weighted by Gasteiger charge is 2.59. The van der Waals surface area contributed by atoms with Gasteiger partial charge in [0.05, 0.1) is 11.8 Å². The summed E-state index contributed by atoms with van der Waals surface area (Å²) < 4.78 is 45.8. The predicted octanol–water partition coefficient (Wildman–Crippen LogP) is 3.86. The van der Waals surface area contributed by atoms with E-state index >= 15 is 0 Å². The fourth-order valence-corrected chi connectivity index (χ4v) is 3.49. The van der Waals surface area contributed by atoms with Gasteiger partial charge in [0, 0.05) is 30.2 Å². The minimum absolute atomic E-state index is 0.0191. The van der Waals surface area contributed by atoms with Gasteiger partial charge in [-0.25, -0.2) is 13.2 Å². The van der Waals surface area contributed by atoms with E-state index in [4.69, 9.17) is 4.74 Å². The minimum atomic E-state index is -1.16. The van der Waals surface area contributed by atoms with Crippen LogP contribution < -0.4 is 5.32 Å². The first kappa shape index (κ1) is 13.7. The Kier molecular flexibility index (Phi) is 3.40. The number of rotatable bonds is 4. The molecule has 3 rings (SSSR count). The van der Waals surface area contributed by atoms with Crippen LogP contribution in [0.1, 0.15) is 32.6 Å². The molecule has 0 radical (unpaired) electrons. The minimum Gasteiger partial charge on any atom is -0.379 e. The summed E-state index contributed by atoms with van der Waals surface area (Å²) in [5.74, 6) is -2.94. The molecule has 1 aromatic rings. The smallest absolute Gasteiger partial charge is 0.182 e. The summed E-state index contributed by atoms with van der Waals surface area (Å²) in [6, 6.07) is 1.60. The quantitative estimate of drug-likeness (QED) is 0.848. The Labute approximate surface area is 116 Å². The van der Waals surface area contributed by atoms with Gasteiger partial charge in [-0.15, -0.1) is 0 Å². The maximum absolute atomic E-state index is 13.7. The molecule has 1 spiro atoms. The van der Waals surface area contributed by atoms with E-state index < -0.39 is 17.5 Å². The Bertz CT molecular complexity index is 516. The third kappa shape index (κ3) is 1.99. The summed E-state index contributed by atoms with van der Waals surface area (Å²) in [5, 5.41) is 2.97. The molecule has 2 fully saturated rings. The molecule has 1 N–H and O–H groups in total. The zero-order valence-electron chi connectivity index (χ0n) is 11.4. The number of halogens is 3. The van der Waals surface area contributed by atoms with E-state index in [1.807, 2.05) is 6.92 Å². The lowest BCUT2D eigenvalue weighted by atomic mass is 9.51. The molecule has 0 heterocycles. The number of hydrogen-bond acceptors (Lipinski definition) is 2. The molecule has 2 nitrogen and oxygen atoms in total. The summed E-state index contributed by atoms with van der Waals surface area (Å²) in [5.41, 5.74) is -0.0701. The lowest BCUT2D eigenvalue weighted by Gasteiger charge is -2.61. The molecule has 2 atom stereocenters. The molecule has 2 saturated carbocycles. The molecule has 5 heteroatoms. The van der Waals surface area contributed by atoms with Crippen LogP contribution in [0.4, 0.5) is 18.9 Å². The SMILES string of the molecule is CCOC1CC(Nc2cc(F)cc(F)c2F)C12CCC2. The van der Waals surface area contributed by atoms with Gasteiger partial charge >= 0.3 is 0 Å². The van der Waals surface area contributed by atoms with E-state index in [-0.39, 0.29) is 23.2 Å². The number of ether oxygens (including phenoxy) is 1. The Morgan fingerprint density at radius 2 is 2.05 bits per heavy atom. The molecule has 0 saturated heterocycles. The van der Waals surface area contributed by atoms with Crippen LogP contribution in [-0.2, 0) is 4.74 Å². The maximum Gasteiger partial charge on any atom is 0.182 e. The molecule has 0 aliphatic heterocycles. The largest absolute Gasteiger partial charge is 0.379 e. The average Bonchev–Trinajstić information content (AvgIpc) is 2.31. The van der Waals surface area contributed by atoms with Gasteiger partial charge in [-0.05, 0) is 26.2 Å². The summed E-state index contributed by atoms with van der Waals surface area (Å²) >= 11 is 0. The first-order valence-corrected chi connectivity index (χ1v) is 7.09. The van der Waals surface area contributed by atoms with Crippen LogP contribution in [0, 0.1) is 22.9 Å². The molecule has 20 heavy (non-hydrogen) atoms. The molecule has 2 aliphatic rings. The topological polar surface area (TPSA) is 21.3 Å². The second kappa shape index (κ2) is 4.95. The van der Waals surface area contributed by atoms with Crippen molar-refractivity contribution in [2.24, 2.45) is 5.41 Å². The fraction of sp³-hybridized carbons (Fsp3) is 0.600. The van der Waals surface area contributed by atoms with E-state index in [1.54, 1.807) is 0 Å². The van der Waals surface area contributed by atoms with Crippen LogP contribution in [0.5, 0.6) is 0 Å². The van der Waals surface area contributed by atoms with E-state index in [2.05, 4.69) is 5.32 Å². The van der Waals surface area contributed by atoms with Crippen molar-refractivity contribution >= 4 is 5.69 Å². The highest BCUT2D eigenvalue weighted by atomic mass is 19.2. The van der Waals surface area contributed by atoms with E-state index in [0.29, 0.717) is 12.7 Å². The zero-order valence-corrected chi connectivity index (χ0v) is 11.4. The Balaban J connectivity index is 1.76. The van der Waals surface area contributed by atoms with Crippen molar-refractivity contribution in [1.82, 2.24) is 0 Å². The van der Waals surface area contributed by atoms with Crippen molar-refractivity contribution in [3.05, 3.63) is 29.6 Å². The lowest BCUT2D eigenvalue weighted by Crippen LogP contribution is -2.64. The standard InChI is InChI=1S/C15H18F3NO/c1-2-20-13-8-12(15(13)4-3-5-15)19-11-7-9(16)6-10(17)14(11)18/h6-7,12-13,19H,2-5,8H2,1H3. The summed E-state index contributed by atoms with van der Waals surface area (Å²) in [6.07, 6.45) is 4.11. The lowest BCUT2D eigenvalue weighted by molar-refractivity contribution is -0.157. The van der Waals surface area contributed by atoms with E-state index in [1.165, 1.54) is 0 Å². The third-order valence-corrected chi connectivity index (χ3v) is 4.76. The van der Waals surface area contributed by atoms with Crippen molar-refractivity contribution in [3.8, 4) is 0 Å². The molecule has 110 valence electrons. The van der Waals surface area contributed by atoms with Gasteiger partial charge < -0.3 is 10.1 Å². The molecule has 0 aromatic heterocycles. The van der Waals surface area contributed by atoms with Crippen LogP contribution in [0.25, 0.3) is 0 Å². The maximum atomic E-state index is 13.7. The van der Waals surface area contributed by atoms with Gasteiger partial charge in [0.25, 0.3) is 0 Å². The van der Waals surface area contributed by atoms with Crippen LogP contribution in [-0.4, -0.2) is 18.8 Å². The fourth-order valence-electron chi connectivity index (χ4n) is 3.49. The van der Waals surface area contributed by atoms with Crippen molar-refractivity contribution in [2.75, 3.05) is 11.9 Å². The normalized spacial score (nSPS) is 27.0. The molecule has 2 unspecified atom stereocenters. The summed E-state index contributed by atoms with van der Waals surface area (Å²) in [7, 11) is 0. The van der Waals surface area contributed by atoms with Gasteiger partial charge in [-0.1, -0.05) is 6.42 Å². The van der Waals surface area contributed by atoms with Crippen molar-refractivity contribution < 1.29 is 17.9 Å². The van der Waals surface area contributed by atoms with Crippen molar-refractivity contribution in [1.29, 1.82) is 0 Å². The number of nitrogens with one attached hydrogen (secondary N) is 1. The van der Waals surface area contributed by atoms with Crippen LogP contribution in [0.2, 0.25) is 0 Å². The molecular weight excluding hydrogens is 267 g/mol. The van der Waals surface area contributed by atoms with Gasteiger partial charge in [0.1, 0.15) is 5.82 Å². The first-order valence-electron chi connectivity index (χ1n) is 7.09. The van der Waals surface area contributed by atoms with Gasteiger partial charge in [-0.2, -0.15) is 0 Å². The third-order valence-electron chi connectivity index (χ3n) is 4.76. The van der Waals surface area contributed by atoms with Gasteiger partial charge in [0.2, 0.25) is 0 Å². The van der Waals surface area contributed by atoms with Crippen LogP contribution >= 0.6 is 0 Å². The zero-order chi connectivity index (χ0) is 14.3. The second-order valence-electron chi connectivity index (χ2n) is 5.71. The Morgan fingerprint density at radius 3 is 2.65 bits per heavy atom. The van der Waals surface area contributed by atoms with Crippen molar-refractivity contribution in [3.63, 3.8) is 0 Å². The summed E-state index contributed by atoms with van der Waals surface area (Å²) in [4.78, 5) is 0. The van der Waals surface area contributed by atoms with Crippen LogP contribution in [0.3, 0.4) is 0 Å². The second-order valence-corrected chi connectivity index (χ2v) is 5.71.